The molecule has 2 amide bonds. The Balaban J connectivity index is 1.70. The lowest BCUT2D eigenvalue weighted by Gasteiger charge is -2.33. The van der Waals surface area contributed by atoms with E-state index >= 15 is 0 Å². The Morgan fingerprint density at radius 2 is 1.54 bits per heavy atom. The molecule has 0 radical (unpaired) electrons. The van der Waals surface area contributed by atoms with Crippen LogP contribution in [0.1, 0.15) is 55.7 Å². The highest BCUT2D eigenvalue weighted by atomic mass is 32.2. The van der Waals surface area contributed by atoms with Crippen LogP contribution in [0.5, 0.6) is 0 Å². The third kappa shape index (κ3) is 7.52. The van der Waals surface area contributed by atoms with Crippen molar-refractivity contribution in [3.63, 3.8) is 0 Å². The molecule has 1 aliphatic rings. The smallest absolute Gasteiger partial charge is 0.264 e. The number of amides is 2. The van der Waals surface area contributed by atoms with Gasteiger partial charge in [0.15, 0.2) is 0 Å². The summed E-state index contributed by atoms with van der Waals surface area (Å²) < 4.78 is 43.6. The van der Waals surface area contributed by atoms with Crippen LogP contribution >= 0.6 is 0 Å². The summed E-state index contributed by atoms with van der Waals surface area (Å²) in [6.07, 6.45) is 4.92. The molecule has 0 spiro atoms. The normalized spacial score (nSPS) is 14.7. The van der Waals surface area contributed by atoms with Crippen LogP contribution in [0, 0.1) is 19.7 Å². The Labute approximate surface area is 242 Å². The van der Waals surface area contributed by atoms with Crippen molar-refractivity contribution in [2.75, 3.05) is 10.8 Å². The second kappa shape index (κ2) is 13.3. The van der Waals surface area contributed by atoms with Gasteiger partial charge in [-0.15, -0.1) is 0 Å². The van der Waals surface area contributed by atoms with Gasteiger partial charge in [-0.3, -0.25) is 13.9 Å². The average molecular weight is 580 g/mol. The molecule has 0 aromatic heterocycles. The number of aryl methyl sites for hydroxylation is 2. The predicted octanol–water partition coefficient (Wildman–Crippen LogP) is 5.50. The van der Waals surface area contributed by atoms with Crippen LogP contribution in [0.15, 0.2) is 77.7 Å². The molecule has 1 atom stereocenters. The molecule has 7 nitrogen and oxygen atoms in total. The first kappa shape index (κ1) is 30.2. The molecule has 41 heavy (non-hydrogen) atoms. The number of hydrogen-bond acceptors (Lipinski definition) is 4. The molecule has 3 aromatic rings. The van der Waals surface area contributed by atoms with Gasteiger partial charge in [0.2, 0.25) is 11.8 Å². The van der Waals surface area contributed by atoms with E-state index in [9.17, 15) is 22.4 Å². The maximum atomic E-state index is 14.7. The van der Waals surface area contributed by atoms with Gasteiger partial charge >= 0.3 is 0 Å². The molecule has 0 bridgehead atoms. The topological polar surface area (TPSA) is 86.8 Å². The van der Waals surface area contributed by atoms with Crippen molar-refractivity contribution >= 4 is 27.5 Å². The molecular formula is C32H38FN3O4S. The first-order valence-corrected chi connectivity index (χ1v) is 15.5. The molecule has 3 aromatic carbocycles. The van der Waals surface area contributed by atoms with Gasteiger partial charge in [-0.2, -0.15) is 0 Å². The summed E-state index contributed by atoms with van der Waals surface area (Å²) in [6.45, 7) is 4.57. The Hall–Kier alpha value is -3.72. The van der Waals surface area contributed by atoms with E-state index in [4.69, 9.17) is 0 Å². The maximum Gasteiger partial charge on any atom is 0.264 e. The van der Waals surface area contributed by atoms with Crippen molar-refractivity contribution in [3.05, 3.63) is 95.3 Å². The number of sulfonamides is 1. The number of carbonyl (C=O) groups is 2. The summed E-state index contributed by atoms with van der Waals surface area (Å²) in [5.74, 6) is -1.46. The van der Waals surface area contributed by atoms with Crippen LogP contribution < -0.4 is 9.62 Å². The largest absolute Gasteiger partial charge is 0.352 e. The van der Waals surface area contributed by atoms with E-state index in [-0.39, 0.29) is 29.0 Å². The highest BCUT2D eigenvalue weighted by Crippen LogP contribution is 2.27. The zero-order chi connectivity index (χ0) is 29.6. The van der Waals surface area contributed by atoms with Crippen LogP contribution in [0.2, 0.25) is 0 Å². The van der Waals surface area contributed by atoms with Gasteiger partial charge in [-0.05, 0) is 75.1 Å². The lowest BCUT2D eigenvalue weighted by Crippen LogP contribution is -2.53. The van der Waals surface area contributed by atoms with Crippen LogP contribution in [-0.2, 0) is 26.2 Å². The molecule has 1 saturated carbocycles. The van der Waals surface area contributed by atoms with Gasteiger partial charge in [0.1, 0.15) is 18.4 Å². The van der Waals surface area contributed by atoms with E-state index in [0.29, 0.717) is 5.69 Å². The fourth-order valence-electron chi connectivity index (χ4n) is 5.30. The van der Waals surface area contributed by atoms with Crippen molar-refractivity contribution in [1.82, 2.24) is 10.2 Å². The number of carbonyl (C=O) groups excluding carboxylic acids is 2. The lowest BCUT2D eigenvalue weighted by atomic mass is 9.95. The monoisotopic (exact) mass is 579 g/mol. The van der Waals surface area contributed by atoms with Crippen LogP contribution in [0.3, 0.4) is 0 Å². The summed E-state index contributed by atoms with van der Waals surface area (Å²) in [4.78, 5) is 28.7. The maximum absolute atomic E-state index is 14.7. The molecule has 1 fully saturated rings. The van der Waals surface area contributed by atoms with Crippen molar-refractivity contribution < 1.29 is 22.4 Å². The van der Waals surface area contributed by atoms with E-state index in [0.717, 1.165) is 47.5 Å². The second-order valence-corrected chi connectivity index (χ2v) is 12.7. The van der Waals surface area contributed by atoms with Gasteiger partial charge in [0, 0.05) is 18.2 Å². The minimum absolute atomic E-state index is 0.0225. The number of halogens is 1. The van der Waals surface area contributed by atoms with E-state index in [1.54, 1.807) is 55.5 Å². The van der Waals surface area contributed by atoms with E-state index in [1.165, 1.54) is 23.1 Å². The second-order valence-electron chi connectivity index (χ2n) is 10.8. The first-order chi connectivity index (χ1) is 19.6. The quantitative estimate of drug-likeness (QED) is 0.344. The minimum Gasteiger partial charge on any atom is -0.352 e. The van der Waals surface area contributed by atoms with Crippen LogP contribution in [0.4, 0.5) is 10.1 Å². The summed E-state index contributed by atoms with van der Waals surface area (Å²) in [6, 6.07) is 18.4. The zero-order valence-electron chi connectivity index (χ0n) is 23.8. The number of rotatable bonds is 10. The Morgan fingerprint density at radius 1 is 0.927 bits per heavy atom. The predicted molar refractivity (Wildman–Crippen MR) is 158 cm³/mol. The zero-order valence-corrected chi connectivity index (χ0v) is 24.7. The Morgan fingerprint density at radius 3 is 2.17 bits per heavy atom. The van der Waals surface area contributed by atoms with Crippen LogP contribution in [0.25, 0.3) is 0 Å². The average Bonchev–Trinajstić information content (AvgIpc) is 2.95. The number of nitrogens with zero attached hydrogens (tertiary/aromatic N) is 2. The molecule has 0 heterocycles. The van der Waals surface area contributed by atoms with Crippen molar-refractivity contribution in [2.24, 2.45) is 0 Å². The van der Waals surface area contributed by atoms with Crippen LogP contribution in [-0.4, -0.2) is 43.8 Å². The molecule has 0 aliphatic heterocycles. The molecule has 1 N–H and O–H groups in total. The highest BCUT2D eigenvalue weighted by Gasteiger charge is 2.33. The molecule has 1 aliphatic carbocycles. The van der Waals surface area contributed by atoms with E-state index in [1.807, 2.05) is 19.9 Å². The fraction of sp³-hybridized carbons (Fsp3) is 0.375. The third-order valence-electron chi connectivity index (χ3n) is 7.52. The van der Waals surface area contributed by atoms with Crippen molar-refractivity contribution in [2.45, 2.75) is 76.4 Å². The summed E-state index contributed by atoms with van der Waals surface area (Å²) in [5, 5.41) is 3.05. The van der Waals surface area contributed by atoms with Gasteiger partial charge in [0.05, 0.1) is 10.6 Å². The summed E-state index contributed by atoms with van der Waals surface area (Å²) in [5.41, 5.74) is 2.25. The Kier molecular flexibility index (Phi) is 9.81. The Bertz CT molecular complexity index is 1450. The number of hydrogen-bond donors (Lipinski definition) is 1. The number of nitrogens with one attached hydrogen (secondary N) is 1. The lowest BCUT2D eigenvalue weighted by molar-refractivity contribution is -0.139. The minimum atomic E-state index is -4.15. The fourth-order valence-corrected chi connectivity index (χ4v) is 6.72. The van der Waals surface area contributed by atoms with Gasteiger partial charge in [-0.25, -0.2) is 12.8 Å². The van der Waals surface area contributed by atoms with Gasteiger partial charge < -0.3 is 10.2 Å². The molecular weight excluding hydrogens is 541 g/mol. The molecule has 4 rings (SSSR count). The van der Waals surface area contributed by atoms with E-state index < -0.39 is 34.3 Å². The van der Waals surface area contributed by atoms with Gasteiger partial charge in [0.25, 0.3) is 10.0 Å². The third-order valence-corrected chi connectivity index (χ3v) is 9.31. The standard InChI is InChI=1S/C32H38FN3O4S/c1-23-18-24(2)20-28(19-23)36(41(39,40)29-15-8-5-9-16-29)22-31(37)35(21-26-12-10-11-17-30(26)33)25(3)32(38)34-27-13-6-4-7-14-27/h5,8-12,15-20,25,27H,4,6-7,13-14,21-22H2,1-3H3,(H,34,38). The SMILES string of the molecule is Cc1cc(C)cc(N(CC(=O)N(Cc2ccccc2F)C(C)C(=O)NC2CCCCC2)S(=O)(=O)c2ccccc2)c1. The first-order valence-electron chi connectivity index (χ1n) is 14.1. The van der Waals surface area contributed by atoms with Crippen molar-refractivity contribution in [3.8, 4) is 0 Å². The highest BCUT2D eigenvalue weighted by molar-refractivity contribution is 7.92. The van der Waals surface area contributed by atoms with Gasteiger partial charge in [-0.1, -0.05) is 61.7 Å². The summed E-state index contributed by atoms with van der Waals surface area (Å²) in [7, 11) is -4.15. The molecule has 0 saturated heterocycles. The molecule has 9 heteroatoms. The number of benzene rings is 3. The summed E-state index contributed by atoms with van der Waals surface area (Å²) >= 11 is 0. The molecule has 218 valence electrons. The van der Waals surface area contributed by atoms with E-state index in [2.05, 4.69) is 5.32 Å². The number of anilines is 1. The van der Waals surface area contributed by atoms with Crippen molar-refractivity contribution in [1.29, 1.82) is 0 Å². The molecule has 1 unspecified atom stereocenters.